The first-order valence-electron chi connectivity index (χ1n) is 12.3. The predicted octanol–water partition coefficient (Wildman–Crippen LogP) is 2.64. The number of aryl methyl sites for hydroxylation is 2. The Labute approximate surface area is 199 Å². The van der Waals surface area contributed by atoms with E-state index in [-0.39, 0.29) is 11.6 Å². The Balaban J connectivity index is 1.16. The monoisotopic (exact) mass is 464 g/mol. The number of carbonyl (C=O) groups excluding carboxylic acids is 1. The Morgan fingerprint density at radius 1 is 1.03 bits per heavy atom. The molecule has 34 heavy (non-hydrogen) atoms. The fourth-order valence-corrected chi connectivity index (χ4v) is 5.53. The lowest BCUT2D eigenvalue weighted by Crippen LogP contribution is -2.50. The van der Waals surface area contributed by atoms with E-state index < -0.39 is 0 Å². The quantitative estimate of drug-likeness (QED) is 0.556. The summed E-state index contributed by atoms with van der Waals surface area (Å²) >= 11 is 0. The van der Waals surface area contributed by atoms with Crippen LogP contribution in [-0.2, 0) is 18.4 Å². The zero-order chi connectivity index (χ0) is 23.8. The van der Waals surface area contributed by atoms with Crippen LogP contribution in [0, 0.1) is 18.8 Å². The first-order valence-corrected chi connectivity index (χ1v) is 12.3. The van der Waals surface area contributed by atoms with E-state index in [0.29, 0.717) is 24.1 Å². The molecule has 1 amide bonds. The van der Waals surface area contributed by atoms with Crippen molar-refractivity contribution in [3.8, 4) is 5.75 Å². The number of imidazole rings is 1. The molecular formula is C26H34N5O3+. The molecular weight excluding hydrogens is 430 g/mol. The highest BCUT2D eigenvalue weighted by molar-refractivity contribution is 5.79. The van der Waals surface area contributed by atoms with Crippen LogP contribution in [0.25, 0.3) is 11.0 Å². The number of pyridine rings is 1. The summed E-state index contributed by atoms with van der Waals surface area (Å²) in [5.41, 5.74) is 3.81. The third-order valence-corrected chi connectivity index (χ3v) is 7.63. The molecule has 1 saturated carbocycles. The van der Waals surface area contributed by atoms with Crippen LogP contribution in [0.3, 0.4) is 0 Å². The molecule has 0 unspecified atom stereocenters. The van der Waals surface area contributed by atoms with Crippen molar-refractivity contribution in [3.63, 3.8) is 0 Å². The van der Waals surface area contributed by atoms with Crippen LogP contribution >= 0.6 is 0 Å². The third-order valence-electron chi connectivity index (χ3n) is 7.63. The van der Waals surface area contributed by atoms with Crippen LogP contribution in [-0.4, -0.2) is 56.2 Å². The van der Waals surface area contributed by atoms with Gasteiger partial charge in [0.1, 0.15) is 0 Å². The molecule has 2 aliphatic rings. The topological polar surface area (TPSA) is 86.3 Å². The van der Waals surface area contributed by atoms with E-state index >= 15 is 0 Å². The van der Waals surface area contributed by atoms with Crippen LogP contribution in [0.2, 0.25) is 0 Å². The third kappa shape index (κ3) is 4.29. The van der Waals surface area contributed by atoms with Gasteiger partial charge in [0.15, 0.2) is 0 Å². The van der Waals surface area contributed by atoms with Gasteiger partial charge in [-0.15, -0.1) is 0 Å². The molecule has 1 aromatic carbocycles. The van der Waals surface area contributed by atoms with Crippen molar-refractivity contribution in [2.45, 2.75) is 39.2 Å². The zero-order valence-corrected chi connectivity index (χ0v) is 20.0. The van der Waals surface area contributed by atoms with Gasteiger partial charge < -0.3 is 14.9 Å². The minimum atomic E-state index is -0.0274. The molecule has 2 aromatic heterocycles. The summed E-state index contributed by atoms with van der Waals surface area (Å²) < 4.78 is 3.48. The smallest absolute Gasteiger partial charge is 0.328 e. The normalized spacial score (nSPS) is 21.2. The summed E-state index contributed by atoms with van der Waals surface area (Å²) in [6.45, 7) is 5.84. The largest absolute Gasteiger partial charge is 0.593 e. The van der Waals surface area contributed by atoms with Gasteiger partial charge in [0.25, 0.3) is 5.75 Å². The number of rotatable bonds is 4. The van der Waals surface area contributed by atoms with Gasteiger partial charge in [0, 0.05) is 57.4 Å². The highest BCUT2D eigenvalue weighted by Gasteiger charge is 2.31. The summed E-state index contributed by atoms with van der Waals surface area (Å²) in [4.78, 5) is 34.7. The van der Waals surface area contributed by atoms with Crippen LogP contribution < -0.4 is 10.6 Å². The molecule has 8 heteroatoms. The van der Waals surface area contributed by atoms with E-state index in [0.717, 1.165) is 74.3 Å². The number of fused-ring (bicyclic) bond motifs is 1. The summed E-state index contributed by atoms with van der Waals surface area (Å²) in [6, 6.07) is 9.48. The van der Waals surface area contributed by atoms with Crippen molar-refractivity contribution >= 4 is 22.6 Å². The first-order chi connectivity index (χ1) is 16.4. The standard InChI is InChI=1S/C26H33N5O3/c1-18-3-8-21(16-27-18)29-11-13-30(14-12-29)25(33)20-6-4-19(5-7-20)17-31-24-15-22(32)9-10-23(24)28(2)26(31)34/h3,8-10,15-16,19-20,32H,4-7,11-14,17H2,1-2H3/p+1. The van der Waals surface area contributed by atoms with Crippen LogP contribution in [0.5, 0.6) is 5.75 Å². The van der Waals surface area contributed by atoms with Gasteiger partial charge in [0.05, 0.1) is 29.0 Å². The van der Waals surface area contributed by atoms with Gasteiger partial charge in [0.2, 0.25) is 5.91 Å². The van der Waals surface area contributed by atoms with E-state index in [4.69, 9.17) is 5.11 Å². The molecule has 0 radical (unpaired) electrons. The molecule has 1 aliphatic heterocycles. The van der Waals surface area contributed by atoms with Crippen LogP contribution in [0.4, 0.5) is 5.69 Å². The summed E-state index contributed by atoms with van der Waals surface area (Å²) in [6.07, 6.45) is 5.59. The van der Waals surface area contributed by atoms with Gasteiger partial charge in [-0.05, 0) is 56.7 Å². The van der Waals surface area contributed by atoms with Crippen molar-refractivity contribution in [1.82, 2.24) is 19.0 Å². The van der Waals surface area contributed by atoms with Gasteiger partial charge in [-0.1, -0.05) is 0 Å². The van der Waals surface area contributed by atoms with E-state index in [9.17, 15) is 9.59 Å². The predicted molar refractivity (Wildman–Crippen MR) is 133 cm³/mol. The van der Waals surface area contributed by atoms with Gasteiger partial charge >= 0.3 is 5.69 Å². The lowest BCUT2D eigenvalue weighted by atomic mass is 9.81. The Morgan fingerprint density at radius 2 is 1.76 bits per heavy atom. The number of amides is 1. The van der Waals surface area contributed by atoms with E-state index in [1.165, 1.54) is 0 Å². The molecule has 3 heterocycles. The number of aromatic nitrogens is 3. The minimum Gasteiger partial charge on any atom is -0.593 e. The molecule has 5 rings (SSSR count). The molecule has 1 saturated heterocycles. The fourth-order valence-electron chi connectivity index (χ4n) is 5.53. The molecule has 2 N–H and O–H groups in total. The SMILES string of the molecule is Cc1ccc(N2CCN(C(=O)C3CCC(Cn4c(=O)n(C)c5ccc([OH2+])cc54)CC3)CC2)cn1. The first kappa shape index (κ1) is 22.5. The number of piperazine rings is 1. The number of hydrogen-bond acceptors (Lipinski definition) is 4. The Bertz CT molecular complexity index is 1230. The maximum absolute atomic E-state index is 13.2. The Hall–Kier alpha value is -3.29. The molecule has 0 spiro atoms. The molecule has 2 fully saturated rings. The maximum Gasteiger partial charge on any atom is 0.328 e. The lowest BCUT2D eigenvalue weighted by molar-refractivity contribution is -0.137. The van der Waals surface area contributed by atoms with E-state index in [2.05, 4.69) is 16.0 Å². The lowest BCUT2D eigenvalue weighted by Gasteiger charge is -2.38. The van der Waals surface area contributed by atoms with Crippen LogP contribution in [0.15, 0.2) is 41.3 Å². The maximum atomic E-state index is 13.2. The van der Waals surface area contributed by atoms with Gasteiger partial charge in [-0.2, -0.15) is 0 Å². The second-order valence-electron chi connectivity index (χ2n) is 9.84. The molecule has 180 valence electrons. The van der Waals surface area contributed by atoms with Crippen molar-refractivity contribution in [3.05, 3.63) is 52.7 Å². The number of benzene rings is 1. The number of nitrogens with zero attached hydrogens (tertiary/aromatic N) is 5. The molecule has 1 aliphatic carbocycles. The molecule has 8 nitrogen and oxygen atoms in total. The Morgan fingerprint density at radius 3 is 2.44 bits per heavy atom. The van der Waals surface area contributed by atoms with E-state index in [1.807, 2.05) is 34.7 Å². The molecule has 0 bridgehead atoms. The minimum absolute atomic E-state index is 0.0274. The van der Waals surface area contributed by atoms with Crippen molar-refractivity contribution in [1.29, 1.82) is 0 Å². The Kier molecular flexibility index (Phi) is 6.06. The highest BCUT2D eigenvalue weighted by atomic mass is 16.3. The second kappa shape index (κ2) is 9.16. The zero-order valence-electron chi connectivity index (χ0n) is 20.0. The molecule has 0 atom stereocenters. The summed E-state index contributed by atoms with van der Waals surface area (Å²) in [5, 5.41) is 7.94. The number of carbonyl (C=O) groups is 1. The fraction of sp³-hybridized carbons (Fsp3) is 0.500. The van der Waals surface area contributed by atoms with Crippen LogP contribution in [0.1, 0.15) is 31.4 Å². The van der Waals surface area contributed by atoms with E-state index in [1.54, 1.807) is 23.7 Å². The van der Waals surface area contributed by atoms with Crippen molar-refractivity contribution in [2.75, 3.05) is 31.1 Å². The van der Waals surface area contributed by atoms with Crippen molar-refractivity contribution < 1.29 is 9.90 Å². The summed E-state index contributed by atoms with van der Waals surface area (Å²) in [5.74, 6) is 1.18. The highest BCUT2D eigenvalue weighted by Crippen LogP contribution is 2.32. The van der Waals surface area contributed by atoms with Crippen molar-refractivity contribution in [2.24, 2.45) is 18.9 Å². The number of hydrogen-bond donors (Lipinski definition) is 0. The molecule has 3 aromatic rings. The number of anilines is 1. The van der Waals surface area contributed by atoms with Gasteiger partial charge in [-0.25, -0.2) is 4.79 Å². The average molecular weight is 465 g/mol. The summed E-state index contributed by atoms with van der Waals surface area (Å²) in [7, 11) is 1.79. The van der Waals surface area contributed by atoms with Gasteiger partial charge in [-0.3, -0.25) is 18.9 Å². The average Bonchev–Trinajstić information content (AvgIpc) is 3.09. The second-order valence-corrected chi connectivity index (χ2v) is 9.84.